The molecule has 3 rings (SSSR count). The maximum atomic E-state index is 6.44. The molecule has 1 unspecified atom stereocenters. The maximum Gasteiger partial charge on any atom is 0.186 e. The Balaban J connectivity index is 2.10. The Bertz CT molecular complexity index is 1090. The van der Waals surface area contributed by atoms with Gasteiger partial charge < -0.3 is 29.4 Å². The summed E-state index contributed by atoms with van der Waals surface area (Å²) in [5.74, 6) is 4.15. The van der Waals surface area contributed by atoms with Gasteiger partial charge in [-0.3, -0.25) is 0 Å². The molecule has 0 fully saturated rings. The van der Waals surface area contributed by atoms with Crippen LogP contribution in [0.4, 0.5) is 17.2 Å². The highest BCUT2D eigenvalue weighted by atomic mass is 31.0. The van der Waals surface area contributed by atoms with Crippen molar-refractivity contribution in [2.75, 3.05) is 51.1 Å². The van der Waals surface area contributed by atoms with Gasteiger partial charge in [-0.1, -0.05) is 12.0 Å². The van der Waals surface area contributed by atoms with Crippen LogP contribution in [0.15, 0.2) is 36.7 Å². The first-order valence-corrected chi connectivity index (χ1v) is 10.0. The van der Waals surface area contributed by atoms with E-state index in [0.29, 0.717) is 60.3 Å². The van der Waals surface area contributed by atoms with Crippen LogP contribution in [-0.4, -0.2) is 50.6 Å². The molecule has 2 N–H and O–H groups in total. The molecule has 8 nitrogen and oxygen atoms in total. The van der Waals surface area contributed by atoms with Gasteiger partial charge in [0.25, 0.3) is 0 Å². The van der Waals surface area contributed by atoms with Crippen LogP contribution in [0.2, 0.25) is 0 Å². The predicted octanol–water partition coefficient (Wildman–Crippen LogP) is 3.17. The van der Waals surface area contributed by atoms with E-state index in [-0.39, 0.29) is 0 Å². The number of hydrogen-bond donors (Lipinski definition) is 1. The van der Waals surface area contributed by atoms with E-state index in [1.165, 1.54) is 6.33 Å². The molecule has 1 heterocycles. The van der Waals surface area contributed by atoms with Crippen molar-refractivity contribution in [3.8, 4) is 23.8 Å². The van der Waals surface area contributed by atoms with E-state index in [0.717, 1.165) is 11.3 Å². The van der Waals surface area contributed by atoms with Crippen molar-refractivity contribution >= 4 is 37.5 Å². The highest BCUT2D eigenvalue weighted by Gasteiger charge is 2.20. The Kier molecular flexibility index (Phi) is 7.85. The molecule has 1 aromatic heterocycles. The van der Waals surface area contributed by atoms with Crippen molar-refractivity contribution in [3.05, 3.63) is 42.2 Å². The molecule has 9 heteroatoms. The van der Waals surface area contributed by atoms with Gasteiger partial charge in [-0.2, -0.15) is 0 Å². The first-order chi connectivity index (χ1) is 15.1. The number of aromatic nitrogens is 2. The summed E-state index contributed by atoms with van der Waals surface area (Å²) in [6, 6.07) is 9.40. The van der Waals surface area contributed by atoms with Crippen molar-refractivity contribution < 1.29 is 18.9 Å². The lowest BCUT2D eigenvalue weighted by Crippen LogP contribution is -2.11. The number of nitrogens with zero attached hydrogens (tertiary/aromatic N) is 3. The zero-order valence-corrected chi connectivity index (χ0v) is 18.7. The Morgan fingerprint density at radius 2 is 1.81 bits per heavy atom. The second kappa shape index (κ2) is 10.8. The van der Waals surface area contributed by atoms with Crippen molar-refractivity contribution in [1.82, 2.24) is 9.97 Å². The average Bonchev–Trinajstić information content (AvgIpc) is 2.80. The van der Waals surface area contributed by atoms with Gasteiger partial charge in [0.15, 0.2) is 11.5 Å². The van der Waals surface area contributed by atoms with Crippen LogP contribution in [0.5, 0.6) is 11.5 Å². The lowest BCUT2D eigenvalue weighted by atomic mass is 10.1. The molecule has 2 aromatic carbocycles. The minimum Gasteiger partial charge on any atom is -0.487 e. The Hall–Kier alpha value is -3.11. The number of hydrogen-bond acceptors (Lipinski definition) is 8. The standard InChI is InChI=1S/C22H25N4O4P/c1-4-15-6-5-7-16(12-15)26(31)22-17-13-18(29-10-8-27-2)21(30-11-9-28-3)19(23)20(17)24-14-25-22/h1,5-7,12-14H,8-11,23,31H2,2-3H3. The molecule has 3 aromatic rings. The summed E-state index contributed by atoms with van der Waals surface area (Å²) in [6.45, 7) is 1.48. The minimum absolute atomic E-state index is 0.319. The molecule has 0 amide bonds. The summed E-state index contributed by atoms with van der Waals surface area (Å²) < 4.78 is 23.7. The van der Waals surface area contributed by atoms with Crippen LogP contribution < -0.4 is 19.9 Å². The average molecular weight is 440 g/mol. The van der Waals surface area contributed by atoms with Crippen LogP contribution >= 0.6 is 9.39 Å². The molecule has 0 saturated heterocycles. The molecule has 1 atom stereocenters. The van der Waals surface area contributed by atoms with Gasteiger partial charge in [-0.25, -0.2) is 9.97 Å². The summed E-state index contributed by atoms with van der Waals surface area (Å²) in [6.07, 6.45) is 7.00. The predicted molar refractivity (Wildman–Crippen MR) is 125 cm³/mol. The number of methoxy groups -OCH3 is 2. The van der Waals surface area contributed by atoms with Gasteiger partial charge in [0, 0.05) is 30.9 Å². The first-order valence-electron chi connectivity index (χ1n) is 9.52. The second-order valence-corrected chi connectivity index (χ2v) is 6.97. The SMILES string of the molecule is C#Cc1cccc(N(P)c2ncnc3c(N)c(OCCOC)c(OCCOC)cc23)c1. The maximum absolute atomic E-state index is 6.44. The van der Waals surface area contributed by atoms with E-state index in [1.54, 1.807) is 14.2 Å². The lowest BCUT2D eigenvalue weighted by Gasteiger charge is -2.22. The van der Waals surface area contributed by atoms with Crippen molar-refractivity contribution in [1.29, 1.82) is 0 Å². The zero-order chi connectivity index (χ0) is 22.2. The van der Waals surface area contributed by atoms with Crippen LogP contribution in [0.3, 0.4) is 0 Å². The van der Waals surface area contributed by atoms with Crippen molar-refractivity contribution in [3.63, 3.8) is 0 Å². The summed E-state index contributed by atoms with van der Waals surface area (Å²) in [5, 5.41) is 0.701. The second-order valence-electron chi connectivity index (χ2n) is 6.46. The molecular formula is C22H25N4O4P. The molecular weight excluding hydrogens is 415 g/mol. The molecule has 0 aliphatic carbocycles. The van der Waals surface area contributed by atoms with Gasteiger partial charge in [0.2, 0.25) is 0 Å². The van der Waals surface area contributed by atoms with Crippen LogP contribution in [-0.2, 0) is 9.47 Å². The number of fused-ring (bicyclic) bond motifs is 1. The monoisotopic (exact) mass is 440 g/mol. The number of nitrogen functional groups attached to an aromatic ring is 1. The molecule has 0 radical (unpaired) electrons. The van der Waals surface area contributed by atoms with Gasteiger partial charge in [-0.05, 0) is 33.7 Å². The topological polar surface area (TPSA) is 92.0 Å². The smallest absolute Gasteiger partial charge is 0.186 e. The highest BCUT2D eigenvalue weighted by molar-refractivity contribution is 7.20. The van der Waals surface area contributed by atoms with E-state index in [4.69, 9.17) is 31.1 Å². The van der Waals surface area contributed by atoms with E-state index >= 15 is 0 Å². The number of terminal acetylenes is 1. The van der Waals surface area contributed by atoms with Gasteiger partial charge in [0.05, 0.1) is 13.2 Å². The number of benzene rings is 2. The molecule has 0 aliphatic heterocycles. The van der Waals surface area contributed by atoms with Crippen molar-refractivity contribution in [2.24, 2.45) is 0 Å². The third-order valence-corrected chi connectivity index (χ3v) is 5.00. The normalized spacial score (nSPS) is 10.6. The Labute approximate surface area is 183 Å². The highest BCUT2D eigenvalue weighted by Crippen LogP contribution is 2.43. The van der Waals surface area contributed by atoms with Gasteiger partial charge in [-0.15, -0.1) is 6.42 Å². The van der Waals surface area contributed by atoms with E-state index in [9.17, 15) is 0 Å². The zero-order valence-electron chi connectivity index (χ0n) is 17.5. The number of ether oxygens (including phenoxy) is 4. The first kappa shape index (κ1) is 22.6. The minimum atomic E-state index is 0.319. The molecule has 0 spiro atoms. The Morgan fingerprint density at radius 1 is 1.06 bits per heavy atom. The Morgan fingerprint density at radius 3 is 2.52 bits per heavy atom. The summed E-state index contributed by atoms with van der Waals surface area (Å²) in [4.78, 5) is 8.85. The third kappa shape index (κ3) is 5.15. The molecule has 31 heavy (non-hydrogen) atoms. The fourth-order valence-corrected chi connectivity index (χ4v) is 3.31. The molecule has 162 valence electrons. The number of rotatable bonds is 10. The number of nitrogens with two attached hydrogens (primary N) is 1. The molecule has 0 bridgehead atoms. The summed E-state index contributed by atoms with van der Waals surface area (Å²) >= 11 is 0. The summed E-state index contributed by atoms with van der Waals surface area (Å²) in [7, 11) is 5.86. The molecule has 0 saturated carbocycles. The van der Waals surface area contributed by atoms with E-state index in [1.807, 2.05) is 35.0 Å². The third-order valence-electron chi connectivity index (χ3n) is 4.46. The van der Waals surface area contributed by atoms with Crippen LogP contribution in [0, 0.1) is 12.3 Å². The van der Waals surface area contributed by atoms with Crippen molar-refractivity contribution in [2.45, 2.75) is 0 Å². The van der Waals surface area contributed by atoms with E-state index in [2.05, 4.69) is 25.3 Å². The summed E-state index contributed by atoms with van der Waals surface area (Å²) in [5.41, 5.74) is 8.97. The molecule has 0 aliphatic rings. The lowest BCUT2D eigenvalue weighted by molar-refractivity contribution is 0.133. The quantitative estimate of drug-likeness (QED) is 0.222. The van der Waals surface area contributed by atoms with Gasteiger partial charge >= 0.3 is 0 Å². The van der Waals surface area contributed by atoms with E-state index < -0.39 is 0 Å². The van der Waals surface area contributed by atoms with Crippen LogP contribution in [0.1, 0.15) is 5.56 Å². The van der Waals surface area contributed by atoms with Crippen LogP contribution in [0.25, 0.3) is 10.9 Å². The fourth-order valence-electron chi connectivity index (χ4n) is 2.95. The largest absolute Gasteiger partial charge is 0.487 e. The fraction of sp³-hybridized carbons (Fsp3) is 0.273. The van der Waals surface area contributed by atoms with Gasteiger partial charge in [0.1, 0.15) is 36.6 Å². The number of anilines is 3.